The van der Waals surface area contributed by atoms with E-state index in [1.807, 2.05) is 73.4 Å². The molecule has 0 saturated carbocycles. The van der Waals surface area contributed by atoms with Gasteiger partial charge in [-0.1, -0.05) is 23.8 Å². The molecule has 2 aromatic carbocycles. The SMILES string of the molecule is COc1cc(CN2CCOC[C@](O)(COc3ccc(C)cc3)C2)ccc1OCCn1cc(C)cn1. The number of methoxy groups -OCH3 is 1. The van der Waals surface area contributed by atoms with Gasteiger partial charge >= 0.3 is 0 Å². The lowest BCUT2D eigenvalue weighted by Crippen LogP contribution is -2.48. The topological polar surface area (TPSA) is 78.2 Å². The van der Waals surface area contributed by atoms with Crippen LogP contribution >= 0.6 is 0 Å². The van der Waals surface area contributed by atoms with Crippen molar-refractivity contribution in [3.05, 3.63) is 71.5 Å². The predicted octanol–water partition coefficient (Wildman–Crippen LogP) is 3.23. The fourth-order valence-electron chi connectivity index (χ4n) is 4.10. The maximum absolute atomic E-state index is 11.2. The molecule has 1 saturated heterocycles. The molecule has 0 aliphatic carbocycles. The summed E-state index contributed by atoms with van der Waals surface area (Å²) in [6.07, 6.45) is 3.82. The Bertz CT molecular complexity index is 1080. The third kappa shape index (κ3) is 7.21. The van der Waals surface area contributed by atoms with Crippen LogP contribution in [0.1, 0.15) is 16.7 Å². The molecule has 1 aromatic heterocycles. The van der Waals surface area contributed by atoms with E-state index in [9.17, 15) is 5.11 Å². The van der Waals surface area contributed by atoms with Crippen LogP contribution in [0, 0.1) is 13.8 Å². The van der Waals surface area contributed by atoms with Gasteiger partial charge in [0.15, 0.2) is 11.5 Å². The average molecular weight is 482 g/mol. The van der Waals surface area contributed by atoms with Crippen LogP contribution in [0.25, 0.3) is 0 Å². The number of β-amino-alcohol motifs (C(OH)–C–C–N with tert-alkyl or cyclic N) is 1. The van der Waals surface area contributed by atoms with Crippen molar-refractivity contribution in [2.75, 3.05) is 46.6 Å². The van der Waals surface area contributed by atoms with Crippen molar-refractivity contribution in [1.29, 1.82) is 0 Å². The summed E-state index contributed by atoms with van der Waals surface area (Å²) in [5.41, 5.74) is 2.26. The van der Waals surface area contributed by atoms with Gasteiger partial charge in [0.05, 0.1) is 33.1 Å². The van der Waals surface area contributed by atoms with Gasteiger partial charge in [0.1, 0.15) is 24.6 Å². The van der Waals surface area contributed by atoms with Gasteiger partial charge in [-0.3, -0.25) is 9.58 Å². The highest BCUT2D eigenvalue weighted by molar-refractivity contribution is 5.43. The van der Waals surface area contributed by atoms with E-state index in [4.69, 9.17) is 18.9 Å². The van der Waals surface area contributed by atoms with Crippen molar-refractivity contribution in [2.45, 2.75) is 32.5 Å². The fourth-order valence-corrected chi connectivity index (χ4v) is 4.10. The maximum atomic E-state index is 11.2. The van der Waals surface area contributed by atoms with E-state index in [0.717, 1.165) is 23.4 Å². The molecule has 4 rings (SSSR count). The van der Waals surface area contributed by atoms with Gasteiger partial charge < -0.3 is 24.1 Å². The van der Waals surface area contributed by atoms with Crippen molar-refractivity contribution in [1.82, 2.24) is 14.7 Å². The quantitative estimate of drug-likeness (QED) is 0.476. The second-order valence-electron chi connectivity index (χ2n) is 9.20. The lowest BCUT2D eigenvalue weighted by atomic mass is 10.1. The third-order valence-electron chi connectivity index (χ3n) is 5.94. The molecule has 1 atom stereocenters. The number of aryl methyl sites for hydroxylation is 2. The van der Waals surface area contributed by atoms with Crippen LogP contribution in [-0.4, -0.2) is 72.0 Å². The van der Waals surface area contributed by atoms with Crippen LogP contribution in [0.15, 0.2) is 54.9 Å². The summed E-state index contributed by atoms with van der Waals surface area (Å²) in [7, 11) is 1.64. The molecular formula is C27H35N3O5. The van der Waals surface area contributed by atoms with Crippen LogP contribution in [0.3, 0.4) is 0 Å². The fraction of sp³-hybridized carbons (Fsp3) is 0.444. The normalized spacial score (nSPS) is 18.7. The van der Waals surface area contributed by atoms with Crippen LogP contribution in [0.5, 0.6) is 17.2 Å². The van der Waals surface area contributed by atoms with Crippen molar-refractivity contribution >= 4 is 0 Å². The highest BCUT2D eigenvalue weighted by Crippen LogP contribution is 2.29. The number of ether oxygens (including phenoxy) is 4. The summed E-state index contributed by atoms with van der Waals surface area (Å²) in [5.74, 6) is 2.12. The first-order valence-electron chi connectivity index (χ1n) is 11.9. The molecule has 1 N–H and O–H groups in total. The number of rotatable bonds is 10. The largest absolute Gasteiger partial charge is 0.493 e. The summed E-state index contributed by atoms with van der Waals surface area (Å²) in [5, 5.41) is 15.5. The Hall–Kier alpha value is -3.07. The lowest BCUT2D eigenvalue weighted by molar-refractivity contribution is -0.0646. The number of benzene rings is 2. The molecule has 8 nitrogen and oxygen atoms in total. The van der Waals surface area contributed by atoms with Crippen molar-refractivity contribution < 1.29 is 24.1 Å². The van der Waals surface area contributed by atoms with E-state index in [-0.39, 0.29) is 13.2 Å². The van der Waals surface area contributed by atoms with Crippen LogP contribution in [0.4, 0.5) is 0 Å². The molecule has 2 heterocycles. The zero-order valence-electron chi connectivity index (χ0n) is 20.8. The molecule has 0 amide bonds. The number of hydrogen-bond acceptors (Lipinski definition) is 7. The van der Waals surface area contributed by atoms with Crippen molar-refractivity contribution in [3.8, 4) is 17.2 Å². The van der Waals surface area contributed by atoms with Crippen LogP contribution in [-0.2, 0) is 17.8 Å². The zero-order chi connectivity index (χ0) is 24.7. The van der Waals surface area contributed by atoms with Crippen molar-refractivity contribution in [3.63, 3.8) is 0 Å². The van der Waals surface area contributed by atoms with Crippen LogP contribution < -0.4 is 14.2 Å². The molecule has 1 aliphatic heterocycles. The minimum Gasteiger partial charge on any atom is -0.493 e. The standard InChI is InChI=1S/C27H35N3O5/c1-21-4-7-24(8-5-21)35-20-27(31)18-29(10-12-33-19-27)17-23-6-9-25(26(14-23)32-3)34-13-11-30-16-22(2)15-28-30/h4-9,14-16,31H,10-13,17-20H2,1-3H3/t27-/m0/s1. The molecule has 188 valence electrons. The number of hydrogen-bond donors (Lipinski definition) is 1. The first kappa shape index (κ1) is 25.0. The number of aliphatic hydroxyl groups is 1. The van der Waals surface area contributed by atoms with E-state index in [1.165, 1.54) is 5.56 Å². The third-order valence-corrected chi connectivity index (χ3v) is 5.94. The molecule has 0 bridgehead atoms. The summed E-state index contributed by atoms with van der Waals surface area (Å²) in [6, 6.07) is 13.8. The van der Waals surface area contributed by atoms with E-state index < -0.39 is 5.60 Å². The molecule has 35 heavy (non-hydrogen) atoms. The molecule has 0 radical (unpaired) electrons. The zero-order valence-corrected chi connectivity index (χ0v) is 20.8. The predicted molar refractivity (Wildman–Crippen MR) is 133 cm³/mol. The summed E-state index contributed by atoms with van der Waals surface area (Å²) >= 11 is 0. The van der Waals surface area contributed by atoms with E-state index in [1.54, 1.807) is 7.11 Å². The van der Waals surface area contributed by atoms with Crippen molar-refractivity contribution in [2.24, 2.45) is 0 Å². The molecule has 8 heteroatoms. The molecule has 1 fully saturated rings. The van der Waals surface area contributed by atoms with Gasteiger partial charge in [-0.05, 0) is 49.2 Å². The van der Waals surface area contributed by atoms with Gasteiger partial charge in [-0.2, -0.15) is 5.10 Å². The van der Waals surface area contributed by atoms with Gasteiger partial charge in [-0.25, -0.2) is 0 Å². The second kappa shape index (κ2) is 11.6. The Morgan fingerprint density at radius 2 is 1.89 bits per heavy atom. The highest BCUT2D eigenvalue weighted by Gasteiger charge is 2.33. The smallest absolute Gasteiger partial charge is 0.161 e. The van der Waals surface area contributed by atoms with Gasteiger partial charge in [0, 0.05) is 25.8 Å². The van der Waals surface area contributed by atoms with Gasteiger partial charge in [0.25, 0.3) is 0 Å². The Balaban J connectivity index is 1.34. The van der Waals surface area contributed by atoms with E-state index in [0.29, 0.717) is 44.3 Å². The van der Waals surface area contributed by atoms with Gasteiger partial charge in [-0.15, -0.1) is 0 Å². The summed E-state index contributed by atoms with van der Waals surface area (Å²) < 4.78 is 25.0. The lowest BCUT2D eigenvalue weighted by Gasteiger charge is -2.30. The van der Waals surface area contributed by atoms with E-state index >= 15 is 0 Å². The molecular weight excluding hydrogens is 446 g/mol. The Kier molecular flexibility index (Phi) is 8.28. The first-order chi connectivity index (χ1) is 16.9. The number of nitrogens with zero attached hydrogens (tertiary/aromatic N) is 3. The Morgan fingerprint density at radius 3 is 2.63 bits per heavy atom. The van der Waals surface area contributed by atoms with E-state index in [2.05, 4.69) is 10.00 Å². The average Bonchev–Trinajstić information content (AvgIpc) is 3.17. The molecule has 0 spiro atoms. The molecule has 3 aromatic rings. The Morgan fingerprint density at radius 1 is 1.06 bits per heavy atom. The minimum atomic E-state index is -1.10. The first-order valence-corrected chi connectivity index (χ1v) is 11.9. The van der Waals surface area contributed by atoms with Gasteiger partial charge in [0.2, 0.25) is 0 Å². The monoisotopic (exact) mass is 481 g/mol. The maximum Gasteiger partial charge on any atom is 0.161 e. The summed E-state index contributed by atoms with van der Waals surface area (Å²) in [4.78, 5) is 2.18. The Labute approximate surface area is 207 Å². The molecule has 0 unspecified atom stereocenters. The minimum absolute atomic E-state index is 0.165. The second-order valence-corrected chi connectivity index (χ2v) is 9.20. The summed E-state index contributed by atoms with van der Waals surface area (Å²) in [6.45, 7) is 7.98. The molecule has 1 aliphatic rings. The number of aromatic nitrogens is 2. The highest BCUT2D eigenvalue weighted by atomic mass is 16.5. The van der Waals surface area contributed by atoms with Crippen LogP contribution in [0.2, 0.25) is 0 Å².